The van der Waals surface area contributed by atoms with E-state index in [2.05, 4.69) is 33.4 Å². The summed E-state index contributed by atoms with van der Waals surface area (Å²) < 4.78 is 12.9. The van der Waals surface area contributed by atoms with Gasteiger partial charge in [0.2, 0.25) is 0 Å². The van der Waals surface area contributed by atoms with Gasteiger partial charge in [-0.2, -0.15) is 0 Å². The van der Waals surface area contributed by atoms with Crippen LogP contribution in [0.1, 0.15) is 36.0 Å². The average molecular weight is 334 g/mol. The van der Waals surface area contributed by atoms with Gasteiger partial charge in [0, 0.05) is 22.4 Å². The van der Waals surface area contributed by atoms with E-state index in [4.69, 9.17) is 8.83 Å². The molecule has 1 aromatic carbocycles. The van der Waals surface area contributed by atoms with Gasteiger partial charge in [-0.15, -0.1) is 0 Å². The molecule has 1 N–H and O–H groups in total. The molecule has 0 amide bonds. The maximum absolute atomic E-state index is 6.00. The number of nitrogens with one attached hydrogen (secondary N) is 1. The van der Waals surface area contributed by atoms with Crippen molar-refractivity contribution in [2.75, 3.05) is 6.54 Å². The van der Waals surface area contributed by atoms with Gasteiger partial charge in [-0.3, -0.25) is 0 Å². The maximum atomic E-state index is 6.00. The Bertz CT molecular complexity index is 751. The molecule has 0 radical (unpaired) electrons. The maximum Gasteiger partial charge on any atom is 0.149 e. The lowest BCUT2D eigenvalue weighted by Gasteiger charge is -2.13. The third-order valence-corrected chi connectivity index (χ3v) is 4.88. The molecule has 4 heteroatoms. The molecule has 1 aliphatic rings. The first-order valence-electron chi connectivity index (χ1n) is 7.00. The second-order valence-electron chi connectivity index (χ2n) is 5.58. The molecule has 20 heavy (non-hydrogen) atoms. The summed E-state index contributed by atoms with van der Waals surface area (Å²) in [5.74, 6) is 1.87. The number of benzene rings is 1. The van der Waals surface area contributed by atoms with E-state index >= 15 is 0 Å². The first-order chi connectivity index (χ1) is 9.65. The molecular formula is C16H16BrNO2. The Morgan fingerprint density at radius 2 is 1.80 bits per heavy atom. The zero-order valence-electron chi connectivity index (χ0n) is 11.5. The predicted octanol–water partition coefficient (Wildman–Crippen LogP) is 4.98. The first kappa shape index (κ1) is 12.5. The lowest BCUT2D eigenvalue weighted by atomic mass is 9.99. The average Bonchev–Trinajstić information content (AvgIpc) is 3.09. The van der Waals surface area contributed by atoms with Gasteiger partial charge in [-0.05, 0) is 61.3 Å². The van der Waals surface area contributed by atoms with Crippen molar-refractivity contribution in [3.63, 3.8) is 0 Å². The van der Waals surface area contributed by atoms with E-state index in [1.54, 1.807) is 0 Å². The molecule has 3 nitrogen and oxygen atoms in total. The van der Waals surface area contributed by atoms with Gasteiger partial charge in [-0.1, -0.05) is 0 Å². The topological polar surface area (TPSA) is 38.3 Å². The minimum atomic E-state index is 0.357. The Morgan fingerprint density at radius 3 is 2.50 bits per heavy atom. The van der Waals surface area contributed by atoms with Crippen LogP contribution < -0.4 is 5.32 Å². The Balaban J connectivity index is 2.16. The quantitative estimate of drug-likeness (QED) is 0.682. The standard InChI is InChI=1S/C16H16BrNO2/c1-8-6-10-13(12-4-3-5-18-12)15-11(7-9(2)19-15)14(17)16(10)20-8/h6-7,12,18H,3-5H2,1-2H3. The fourth-order valence-corrected chi connectivity index (χ4v) is 3.87. The van der Waals surface area contributed by atoms with Gasteiger partial charge in [0.1, 0.15) is 22.7 Å². The molecule has 3 aromatic rings. The second kappa shape index (κ2) is 4.37. The molecular weight excluding hydrogens is 318 g/mol. The highest BCUT2D eigenvalue weighted by molar-refractivity contribution is 9.10. The highest BCUT2D eigenvalue weighted by Crippen LogP contribution is 2.43. The van der Waals surface area contributed by atoms with Crippen LogP contribution >= 0.6 is 15.9 Å². The van der Waals surface area contributed by atoms with Crippen LogP contribution in [0, 0.1) is 13.8 Å². The number of aryl methyl sites for hydroxylation is 2. The van der Waals surface area contributed by atoms with Gasteiger partial charge in [-0.25, -0.2) is 0 Å². The van der Waals surface area contributed by atoms with E-state index in [9.17, 15) is 0 Å². The molecule has 2 aromatic heterocycles. The van der Waals surface area contributed by atoms with Gasteiger partial charge >= 0.3 is 0 Å². The summed E-state index contributed by atoms with van der Waals surface area (Å²) in [6.07, 6.45) is 2.36. The number of halogens is 1. The molecule has 0 bridgehead atoms. The van der Waals surface area contributed by atoms with Crippen molar-refractivity contribution in [1.29, 1.82) is 0 Å². The molecule has 4 rings (SSSR count). The minimum absolute atomic E-state index is 0.357. The normalized spacial score (nSPS) is 19.4. The molecule has 1 aliphatic heterocycles. The smallest absolute Gasteiger partial charge is 0.149 e. The summed E-state index contributed by atoms with van der Waals surface area (Å²) in [4.78, 5) is 0. The Morgan fingerprint density at radius 1 is 1.10 bits per heavy atom. The van der Waals surface area contributed by atoms with E-state index in [1.165, 1.54) is 12.0 Å². The fraction of sp³-hybridized carbons (Fsp3) is 0.375. The van der Waals surface area contributed by atoms with Crippen molar-refractivity contribution >= 4 is 37.9 Å². The summed E-state index contributed by atoms with van der Waals surface area (Å²) in [6, 6.07) is 4.55. The van der Waals surface area contributed by atoms with Crippen LogP contribution in [0.5, 0.6) is 0 Å². The monoisotopic (exact) mass is 333 g/mol. The fourth-order valence-electron chi connectivity index (χ4n) is 3.28. The third-order valence-electron chi connectivity index (χ3n) is 4.09. The molecule has 3 heterocycles. The zero-order valence-corrected chi connectivity index (χ0v) is 13.1. The van der Waals surface area contributed by atoms with E-state index < -0.39 is 0 Å². The lowest BCUT2D eigenvalue weighted by molar-refractivity contribution is 0.560. The van der Waals surface area contributed by atoms with E-state index in [-0.39, 0.29) is 0 Å². The van der Waals surface area contributed by atoms with E-state index in [0.29, 0.717) is 6.04 Å². The number of furan rings is 2. The van der Waals surface area contributed by atoms with Crippen molar-refractivity contribution in [3.8, 4) is 0 Å². The Hall–Kier alpha value is -1.26. The van der Waals surface area contributed by atoms with Crippen LogP contribution in [0.15, 0.2) is 25.4 Å². The Labute approximate surface area is 125 Å². The minimum Gasteiger partial charge on any atom is -0.461 e. The van der Waals surface area contributed by atoms with Crippen molar-refractivity contribution in [1.82, 2.24) is 5.32 Å². The summed E-state index contributed by atoms with van der Waals surface area (Å²) in [5.41, 5.74) is 3.17. The zero-order chi connectivity index (χ0) is 13.9. The molecule has 1 saturated heterocycles. The second-order valence-corrected chi connectivity index (χ2v) is 6.37. The van der Waals surface area contributed by atoms with Gasteiger partial charge in [0.05, 0.1) is 4.47 Å². The third kappa shape index (κ3) is 1.68. The highest BCUT2D eigenvalue weighted by Gasteiger charge is 2.26. The predicted molar refractivity (Wildman–Crippen MR) is 83.1 cm³/mol. The van der Waals surface area contributed by atoms with Crippen LogP contribution in [0.2, 0.25) is 0 Å². The first-order valence-corrected chi connectivity index (χ1v) is 7.79. The molecule has 1 fully saturated rings. The van der Waals surface area contributed by atoms with Crippen molar-refractivity contribution < 1.29 is 8.83 Å². The SMILES string of the molecule is Cc1cc2c(C3CCCN3)c3oc(C)cc3c(Br)c2o1. The Kier molecular flexibility index (Phi) is 2.72. The summed E-state index contributed by atoms with van der Waals surface area (Å²) in [7, 11) is 0. The van der Waals surface area contributed by atoms with E-state index in [1.807, 2.05) is 13.8 Å². The van der Waals surface area contributed by atoms with Crippen LogP contribution in [0.25, 0.3) is 21.9 Å². The van der Waals surface area contributed by atoms with Gasteiger partial charge in [0.15, 0.2) is 0 Å². The summed E-state index contributed by atoms with van der Waals surface area (Å²) in [6.45, 7) is 5.05. The van der Waals surface area contributed by atoms with Crippen molar-refractivity contribution in [3.05, 3.63) is 33.7 Å². The molecule has 1 unspecified atom stereocenters. The molecule has 0 spiro atoms. The van der Waals surface area contributed by atoms with Crippen LogP contribution in [-0.4, -0.2) is 6.54 Å². The summed E-state index contributed by atoms with van der Waals surface area (Å²) in [5, 5.41) is 5.85. The summed E-state index contributed by atoms with van der Waals surface area (Å²) >= 11 is 3.68. The van der Waals surface area contributed by atoms with Crippen LogP contribution in [0.3, 0.4) is 0 Å². The molecule has 0 saturated carbocycles. The highest BCUT2D eigenvalue weighted by atomic mass is 79.9. The van der Waals surface area contributed by atoms with Gasteiger partial charge in [0.25, 0.3) is 0 Å². The number of hydrogen-bond acceptors (Lipinski definition) is 3. The molecule has 104 valence electrons. The van der Waals surface area contributed by atoms with Crippen LogP contribution in [-0.2, 0) is 0 Å². The molecule has 0 aliphatic carbocycles. The lowest BCUT2D eigenvalue weighted by Crippen LogP contribution is -2.13. The van der Waals surface area contributed by atoms with Gasteiger partial charge < -0.3 is 14.2 Å². The van der Waals surface area contributed by atoms with Crippen molar-refractivity contribution in [2.24, 2.45) is 0 Å². The van der Waals surface area contributed by atoms with Crippen LogP contribution in [0.4, 0.5) is 0 Å². The molecule has 1 atom stereocenters. The number of rotatable bonds is 1. The number of fused-ring (bicyclic) bond motifs is 2. The number of hydrogen-bond donors (Lipinski definition) is 1. The van der Waals surface area contributed by atoms with E-state index in [0.717, 1.165) is 50.9 Å². The largest absolute Gasteiger partial charge is 0.461 e. The van der Waals surface area contributed by atoms with Crippen molar-refractivity contribution in [2.45, 2.75) is 32.7 Å².